The smallest absolute Gasteiger partial charge is 0.262 e. The molecule has 1 fully saturated rings. The van der Waals surface area contributed by atoms with E-state index in [1.165, 1.54) is 17.8 Å². The average Bonchev–Trinajstić information content (AvgIpc) is 3.55. The topological polar surface area (TPSA) is 74.6 Å². The first kappa shape index (κ1) is 22.3. The van der Waals surface area contributed by atoms with Gasteiger partial charge in [-0.2, -0.15) is 0 Å². The Balaban J connectivity index is 1.45. The van der Waals surface area contributed by atoms with Gasteiger partial charge in [-0.25, -0.2) is 0 Å². The van der Waals surface area contributed by atoms with Gasteiger partial charge >= 0.3 is 0 Å². The van der Waals surface area contributed by atoms with E-state index in [9.17, 15) is 9.59 Å². The molecule has 3 heterocycles. The predicted molar refractivity (Wildman–Crippen MR) is 126 cm³/mol. The Bertz CT molecular complexity index is 967. The van der Waals surface area contributed by atoms with Gasteiger partial charge in [-0.05, 0) is 55.1 Å². The number of furan rings is 1. The van der Waals surface area contributed by atoms with Crippen LogP contribution in [0.1, 0.15) is 46.3 Å². The van der Waals surface area contributed by atoms with E-state index in [1.807, 2.05) is 53.9 Å². The van der Waals surface area contributed by atoms with Crippen LogP contribution in [0, 0.1) is 0 Å². The number of nitrogens with zero attached hydrogens (tertiary/aromatic N) is 1. The summed E-state index contributed by atoms with van der Waals surface area (Å²) in [4.78, 5) is 28.9. The molecule has 1 aromatic carbocycles. The predicted octanol–water partition coefficient (Wildman–Crippen LogP) is 4.03. The minimum Gasteiger partial charge on any atom is -0.468 e. The van der Waals surface area contributed by atoms with Gasteiger partial charge in [-0.15, -0.1) is 11.3 Å². The lowest BCUT2D eigenvalue weighted by Crippen LogP contribution is -2.50. The van der Waals surface area contributed by atoms with E-state index in [4.69, 9.17) is 4.42 Å². The number of likely N-dealkylation sites (tertiary alicyclic amines) is 1. The van der Waals surface area contributed by atoms with Crippen molar-refractivity contribution >= 4 is 23.2 Å². The van der Waals surface area contributed by atoms with Crippen molar-refractivity contribution < 1.29 is 14.0 Å². The zero-order valence-electron chi connectivity index (χ0n) is 18.0. The standard InChI is InChI=1S/C25H29N3O3S/c29-24(26-18-21(22-11-7-15-31-22)28-13-5-2-6-14-28)20(17-19-9-3-1-4-10-19)27-25(30)23-12-8-16-32-23/h1,3-4,7-12,15-16,20-21H,2,5-6,13-14,17-18H2,(H,26,29)(H,27,30). The second kappa shape index (κ2) is 11.1. The molecule has 3 aromatic rings. The Morgan fingerprint density at radius 1 is 1.00 bits per heavy atom. The van der Waals surface area contributed by atoms with Crippen LogP contribution < -0.4 is 10.6 Å². The molecule has 4 rings (SSSR count). The van der Waals surface area contributed by atoms with Gasteiger partial charge in [0.1, 0.15) is 11.8 Å². The van der Waals surface area contributed by atoms with Crippen molar-refractivity contribution in [2.45, 2.75) is 37.8 Å². The Morgan fingerprint density at radius 3 is 2.50 bits per heavy atom. The zero-order chi connectivity index (χ0) is 22.2. The van der Waals surface area contributed by atoms with Crippen LogP contribution in [0.15, 0.2) is 70.7 Å². The summed E-state index contributed by atoms with van der Waals surface area (Å²) in [5.74, 6) is 0.441. The number of piperidine rings is 1. The van der Waals surface area contributed by atoms with Crippen LogP contribution in [-0.2, 0) is 11.2 Å². The van der Waals surface area contributed by atoms with Gasteiger partial charge in [-0.1, -0.05) is 42.8 Å². The first-order chi connectivity index (χ1) is 15.7. The van der Waals surface area contributed by atoms with Crippen LogP contribution in [-0.4, -0.2) is 42.4 Å². The van der Waals surface area contributed by atoms with Crippen molar-refractivity contribution in [3.8, 4) is 0 Å². The van der Waals surface area contributed by atoms with E-state index in [1.54, 1.807) is 12.3 Å². The van der Waals surface area contributed by atoms with E-state index in [2.05, 4.69) is 15.5 Å². The normalized spacial score (nSPS) is 16.2. The number of rotatable bonds is 9. The Morgan fingerprint density at radius 2 is 1.81 bits per heavy atom. The zero-order valence-corrected chi connectivity index (χ0v) is 18.9. The number of nitrogens with one attached hydrogen (secondary N) is 2. The summed E-state index contributed by atoms with van der Waals surface area (Å²) in [6.07, 6.45) is 5.64. The van der Waals surface area contributed by atoms with E-state index in [-0.39, 0.29) is 17.9 Å². The maximum Gasteiger partial charge on any atom is 0.262 e. The number of hydrogen-bond donors (Lipinski definition) is 2. The van der Waals surface area contributed by atoms with Gasteiger partial charge in [0, 0.05) is 13.0 Å². The third-order valence-corrected chi connectivity index (χ3v) is 6.69. The molecule has 2 unspecified atom stereocenters. The fourth-order valence-corrected chi connectivity index (χ4v) is 4.76. The number of benzene rings is 1. The lowest BCUT2D eigenvalue weighted by molar-refractivity contribution is -0.123. The lowest BCUT2D eigenvalue weighted by Gasteiger charge is -2.33. The third kappa shape index (κ3) is 5.87. The van der Waals surface area contributed by atoms with E-state index in [0.717, 1.165) is 37.3 Å². The lowest BCUT2D eigenvalue weighted by atomic mass is 10.0. The highest BCUT2D eigenvalue weighted by molar-refractivity contribution is 7.12. The molecule has 0 aliphatic carbocycles. The highest BCUT2D eigenvalue weighted by Gasteiger charge is 2.27. The number of carbonyl (C=O) groups is 2. The fraction of sp³-hybridized carbons (Fsp3) is 0.360. The van der Waals surface area contributed by atoms with Crippen molar-refractivity contribution in [1.82, 2.24) is 15.5 Å². The van der Waals surface area contributed by atoms with E-state index in [0.29, 0.717) is 17.8 Å². The molecule has 32 heavy (non-hydrogen) atoms. The van der Waals surface area contributed by atoms with Crippen LogP contribution >= 0.6 is 11.3 Å². The van der Waals surface area contributed by atoms with Gasteiger partial charge in [0.2, 0.25) is 5.91 Å². The SMILES string of the molecule is O=C(NC(Cc1ccccc1)C(=O)NCC(c1ccco1)N1CCCCC1)c1cccs1. The first-order valence-corrected chi connectivity index (χ1v) is 12.0. The molecule has 2 amide bonds. The number of carbonyl (C=O) groups excluding carboxylic acids is 2. The van der Waals surface area contributed by atoms with Crippen molar-refractivity contribution in [1.29, 1.82) is 0 Å². The molecule has 0 saturated carbocycles. The van der Waals surface area contributed by atoms with Crippen LogP contribution in [0.4, 0.5) is 0 Å². The largest absolute Gasteiger partial charge is 0.468 e. The van der Waals surface area contributed by atoms with Crippen LogP contribution in [0.3, 0.4) is 0 Å². The molecule has 1 aliphatic rings. The van der Waals surface area contributed by atoms with Crippen LogP contribution in [0.2, 0.25) is 0 Å². The highest BCUT2D eigenvalue weighted by atomic mass is 32.1. The minimum absolute atomic E-state index is 0.0142. The highest BCUT2D eigenvalue weighted by Crippen LogP contribution is 2.24. The number of amides is 2. The third-order valence-electron chi connectivity index (χ3n) is 5.82. The molecule has 2 N–H and O–H groups in total. The van der Waals surface area contributed by atoms with Gasteiger partial charge in [-0.3, -0.25) is 14.5 Å². The summed E-state index contributed by atoms with van der Waals surface area (Å²) < 4.78 is 5.69. The molecule has 0 bridgehead atoms. The molecule has 168 valence electrons. The molecular formula is C25H29N3O3S. The van der Waals surface area contributed by atoms with Crippen LogP contribution in [0.5, 0.6) is 0 Å². The molecule has 0 spiro atoms. The molecule has 1 saturated heterocycles. The Labute approximate surface area is 192 Å². The van der Waals surface area contributed by atoms with Gasteiger partial charge in [0.25, 0.3) is 5.91 Å². The van der Waals surface area contributed by atoms with E-state index < -0.39 is 6.04 Å². The van der Waals surface area contributed by atoms with Gasteiger partial charge < -0.3 is 15.1 Å². The van der Waals surface area contributed by atoms with Gasteiger partial charge in [0.05, 0.1) is 17.2 Å². The summed E-state index contributed by atoms with van der Waals surface area (Å²) in [7, 11) is 0. The number of thiophene rings is 1. The van der Waals surface area contributed by atoms with E-state index >= 15 is 0 Å². The maximum atomic E-state index is 13.2. The summed E-state index contributed by atoms with van der Waals surface area (Å²) in [5.41, 5.74) is 0.998. The molecule has 7 heteroatoms. The van der Waals surface area contributed by atoms with Crippen molar-refractivity contribution in [3.05, 3.63) is 82.4 Å². The molecule has 1 aliphatic heterocycles. The van der Waals surface area contributed by atoms with Crippen molar-refractivity contribution in [3.63, 3.8) is 0 Å². The molecule has 2 aromatic heterocycles. The van der Waals surface area contributed by atoms with Crippen molar-refractivity contribution in [2.24, 2.45) is 0 Å². The maximum absolute atomic E-state index is 13.2. The van der Waals surface area contributed by atoms with Crippen LogP contribution in [0.25, 0.3) is 0 Å². The first-order valence-electron chi connectivity index (χ1n) is 11.1. The number of hydrogen-bond acceptors (Lipinski definition) is 5. The Hall–Kier alpha value is -2.90. The molecule has 2 atom stereocenters. The Kier molecular flexibility index (Phi) is 7.74. The fourth-order valence-electron chi connectivity index (χ4n) is 4.14. The van der Waals surface area contributed by atoms with Crippen molar-refractivity contribution in [2.75, 3.05) is 19.6 Å². The average molecular weight is 452 g/mol. The molecule has 0 radical (unpaired) electrons. The monoisotopic (exact) mass is 451 g/mol. The second-order valence-electron chi connectivity index (χ2n) is 8.07. The molecular weight excluding hydrogens is 422 g/mol. The second-order valence-corrected chi connectivity index (χ2v) is 9.01. The summed E-state index contributed by atoms with van der Waals surface area (Å²) >= 11 is 1.36. The quantitative estimate of drug-likeness (QED) is 0.515. The van der Waals surface area contributed by atoms with Gasteiger partial charge in [0.15, 0.2) is 0 Å². The summed E-state index contributed by atoms with van der Waals surface area (Å²) in [6, 6.07) is 16.5. The summed E-state index contributed by atoms with van der Waals surface area (Å²) in [5, 5.41) is 7.87. The minimum atomic E-state index is -0.661. The molecule has 6 nitrogen and oxygen atoms in total. The summed E-state index contributed by atoms with van der Waals surface area (Å²) in [6.45, 7) is 2.42.